The van der Waals surface area contributed by atoms with Crippen molar-refractivity contribution in [2.45, 2.75) is 19.8 Å². The average molecular weight is 510 g/mol. The first-order valence-electron chi connectivity index (χ1n) is 9.57. The van der Waals surface area contributed by atoms with Crippen LogP contribution >= 0.6 is 22.9 Å². The Balaban J connectivity index is 1.58. The molecule has 13 heteroatoms. The molecule has 3 aromatic heterocycles. The predicted octanol–water partition coefficient (Wildman–Crippen LogP) is 4.86. The number of rotatable bonds is 6. The van der Waals surface area contributed by atoms with Crippen LogP contribution in [0.15, 0.2) is 42.6 Å². The van der Waals surface area contributed by atoms with Crippen LogP contribution in [0.5, 0.6) is 5.75 Å². The van der Waals surface area contributed by atoms with Gasteiger partial charge in [0, 0.05) is 16.6 Å². The topological polar surface area (TPSA) is 112 Å². The van der Waals surface area contributed by atoms with Crippen LogP contribution in [0.2, 0.25) is 5.02 Å². The van der Waals surface area contributed by atoms with E-state index in [0.717, 1.165) is 6.07 Å². The van der Waals surface area contributed by atoms with E-state index in [-0.39, 0.29) is 38.8 Å². The third-order valence-corrected chi connectivity index (χ3v) is 6.01. The standard InChI is InChI=1S/C21H15ClF3N5O3S/c1-10-8-14(21(23,24)25)27-20-15(10)16(17(34-20)18(26)31)28-19(32)13-6-7-30(29-13)9-33-12-4-2-11(22)3-5-12/h2-8H,9H2,1H3,(H2,26,31)(H,28,32). The van der Waals surface area contributed by atoms with Crippen molar-refractivity contribution in [3.05, 3.63) is 69.4 Å². The molecule has 0 fully saturated rings. The molecule has 0 atom stereocenters. The zero-order chi connectivity index (χ0) is 24.6. The smallest absolute Gasteiger partial charge is 0.433 e. The predicted molar refractivity (Wildman–Crippen MR) is 120 cm³/mol. The van der Waals surface area contributed by atoms with Crippen molar-refractivity contribution in [3.63, 3.8) is 0 Å². The molecule has 4 rings (SSSR count). The number of carbonyl (C=O) groups excluding carboxylic acids is 2. The van der Waals surface area contributed by atoms with Crippen LogP contribution in [-0.4, -0.2) is 26.6 Å². The van der Waals surface area contributed by atoms with Gasteiger partial charge in [0.2, 0.25) is 0 Å². The molecule has 0 aliphatic carbocycles. The van der Waals surface area contributed by atoms with E-state index in [1.165, 1.54) is 23.9 Å². The maximum absolute atomic E-state index is 13.1. The molecule has 0 saturated carbocycles. The average Bonchev–Trinajstić information content (AvgIpc) is 3.38. The second kappa shape index (κ2) is 8.95. The van der Waals surface area contributed by atoms with E-state index in [1.54, 1.807) is 24.3 Å². The Kier molecular flexibility index (Phi) is 6.19. The van der Waals surface area contributed by atoms with Crippen molar-refractivity contribution in [3.8, 4) is 5.75 Å². The second-order valence-corrected chi connectivity index (χ2v) is 8.53. The Labute approximate surface area is 199 Å². The highest BCUT2D eigenvalue weighted by Gasteiger charge is 2.34. The number of aryl methyl sites for hydroxylation is 1. The van der Waals surface area contributed by atoms with Gasteiger partial charge in [-0.05, 0) is 48.9 Å². The van der Waals surface area contributed by atoms with Crippen molar-refractivity contribution in [2.24, 2.45) is 5.73 Å². The number of benzene rings is 1. The Morgan fingerprint density at radius 1 is 1.24 bits per heavy atom. The van der Waals surface area contributed by atoms with Gasteiger partial charge in [-0.25, -0.2) is 9.67 Å². The lowest BCUT2D eigenvalue weighted by molar-refractivity contribution is -0.141. The first-order chi connectivity index (χ1) is 16.0. The molecule has 3 N–H and O–H groups in total. The van der Waals surface area contributed by atoms with Crippen molar-refractivity contribution >= 4 is 50.7 Å². The minimum Gasteiger partial charge on any atom is -0.471 e. The fraction of sp³-hybridized carbons (Fsp3) is 0.143. The molecule has 0 spiro atoms. The van der Waals surface area contributed by atoms with E-state index in [4.69, 9.17) is 22.1 Å². The van der Waals surface area contributed by atoms with Crippen molar-refractivity contribution in [2.75, 3.05) is 5.32 Å². The number of nitrogens with two attached hydrogens (primary N) is 1. The summed E-state index contributed by atoms with van der Waals surface area (Å²) in [4.78, 5) is 28.1. The van der Waals surface area contributed by atoms with Crippen LogP contribution < -0.4 is 15.8 Å². The van der Waals surface area contributed by atoms with Crippen LogP contribution in [0.3, 0.4) is 0 Å². The van der Waals surface area contributed by atoms with Gasteiger partial charge < -0.3 is 15.8 Å². The molecule has 2 amide bonds. The van der Waals surface area contributed by atoms with E-state index in [0.29, 0.717) is 22.1 Å². The van der Waals surface area contributed by atoms with Crippen molar-refractivity contribution in [1.82, 2.24) is 14.8 Å². The molecule has 1 aromatic carbocycles. The van der Waals surface area contributed by atoms with Gasteiger partial charge >= 0.3 is 6.18 Å². The second-order valence-electron chi connectivity index (χ2n) is 7.09. The molecule has 34 heavy (non-hydrogen) atoms. The van der Waals surface area contributed by atoms with Crippen LogP contribution in [0.4, 0.5) is 18.9 Å². The summed E-state index contributed by atoms with van der Waals surface area (Å²) < 4.78 is 46.3. The fourth-order valence-corrected chi connectivity index (χ4v) is 4.31. The van der Waals surface area contributed by atoms with Crippen molar-refractivity contribution in [1.29, 1.82) is 0 Å². The summed E-state index contributed by atoms with van der Waals surface area (Å²) in [6.45, 7) is 1.43. The molecule has 0 radical (unpaired) electrons. The number of nitrogens with one attached hydrogen (secondary N) is 1. The SMILES string of the molecule is Cc1cc(C(F)(F)F)nc2sc(C(N)=O)c(NC(=O)c3ccn(COc4ccc(Cl)cc4)n3)c12. The molecule has 3 heterocycles. The number of fused-ring (bicyclic) bond motifs is 1. The maximum atomic E-state index is 13.1. The Bertz CT molecular complexity index is 1400. The summed E-state index contributed by atoms with van der Waals surface area (Å²) >= 11 is 6.50. The lowest BCUT2D eigenvalue weighted by Gasteiger charge is -2.09. The number of pyridine rings is 1. The Morgan fingerprint density at radius 2 is 1.94 bits per heavy atom. The van der Waals surface area contributed by atoms with Crippen LogP contribution in [-0.2, 0) is 12.9 Å². The third kappa shape index (κ3) is 4.82. The number of hydrogen-bond acceptors (Lipinski definition) is 6. The fourth-order valence-electron chi connectivity index (χ4n) is 3.12. The number of halogens is 4. The van der Waals surface area contributed by atoms with Gasteiger partial charge in [0.25, 0.3) is 11.8 Å². The Hall–Kier alpha value is -3.64. The summed E-state index contributed by atoms with van der Waals surface area (Å²) in [5.74, 6) is -1.05. The lowest BCUT2D eigenvalue weighted by Crippen LogP contribution is -2.18. The highest BCUT2D eigenvalue weighted by molar-refractivity contribution is 7.21. The van der Waals surface area contributed by atoms with E-state index >= 15 is 0 Å². The molecule has 0 aliphatic rings. The number of anilines is 1. The number of ether oxygens (including phenoxy) is 1. The molecule has 0 bridgehead atoms. The number of alkyl halides is 3. The highest BCUT2D eigenvalue weighted by atomic mass is 35.5. The minimum atomic E-state index is -4.67. The monoisotopic (exact) mass is 509 g/mol. The molecule has 0 unspecified atom stereocenters. The quantitative estimate of drug-likeness (QED) is 0.385. The lowest BCUT2D eigenvalue weighted by atomic mass is 10.1. The molecule has 4 aromatic rings. The highest BCUT2D eigenvalue weighted by Crippen LogP contribution is 2.39. The van der Waals surface area contributed by atoms with Gasteiger partial charge in [0.1, 0.15) is 21.2 Å². The Morgan fingerprint density at radius 3 is 2.59 bits per heavy atom. The number of nitrogens with zero attached hydrogens (tertiary/aromatic N) is 3. The number of amides is 2. The summed E-state index contributed by atoms with van der Waals surface area (Å²) in [6.07, 6.45) is -3.16. The molecular weight excluding hydrogens is 495 g/mol. The van der Waals surface area contributed by atoms with Gasteiger partial charge in [-0.2, -0.15) is 18.3 Å². The van der Waals surface area contributed by atoms with Crippen LogP contribution in [0, 0.1) is 6.92 Å². The van der Waals surface area contributed by atoms with Crippen LogP contribution in [0.25, 0.3) is 10.2 Å². The minimum absolute atomic E-state index is 0.00603. The first kappa shape index (κ1) is 23.5. The molecule has 8 nitrogen and oxygen atoms in total. The first-order valence-corrected chi connectivity index (χ1v) is 10.8. The molecule has 0 aliphatic heterocycles. The van der Waals surface area contributed by atoms with Gasteiger partial charge in [0.15, 0.2) is 12.4 Å². The van der Waals surface area contributed by atoms with Gasteiger partial charge in [-0.3, -0.25) is 9.59 Å². The molecular formula is C21H15ClF3N5O3S. The van der Waals surface area contributed by atoms with Crippen molar-refractivity contribution < 1.29 is 27.5 Å². The number of hydrogen-bond donors (Lipinski definition) is 2. The van der Waals surface area contributed by atoms with Gasteiger partial charge in [0.05, 0.1) is 5.69 Å². The van der Waals surface area contributed by atoms with Gasteiger partial charge in [-0.15, -0.1) is 11.3 Å². The van der Waals surface area contributed by atoms with E-state index in [9.17, 15) is 22.8 Å². The maximum Gasteiger partial charge on any atom is 0.433 e. The number of thiophene rings is 1. The number of aromatic nitrogens is 3. The normalized spacial score (nSPS) is 11.6. The third-order valence-electron chi connectivity index (χ3n) is 4.66. The van der Waals surface area contributed by atoms with Crippen LogP contribution in [0.1, 0.15) is 31.4 Å². The van der Waals surface area contributed by atoms with E-state index in [2.05, 4.69) is 15.4 Å². The van der Waals surface area contributed by atoms with Gasteiger partial charge in [-0.1, -0.05) is 11.6 Å². The zero-order valence-electron chi connectivity index (χ0n) is 17.3. The summed E-state index contributed by atoms with van der Waals surface area (Å²) in [5, 5.41) is 7.42. The number of carbonyl (C=O) groups is 2. The molecule has 176 valence electrons. The zero-order valence-corrected chi connectivity index (χ0v) is 18.9. The largest absolute Gasteiger partial charge is 0.471 e. The molecule has 0 saturated heterocycles. The van der Waals surface area contributed by atoms with E-state index < -0.39 is 23.7 Å². The summed E-state index contributed by atoms with van der Waals surface area (Å²) in [5.41, 5.74) is 4.46. The number of primary amides is 1. The summed E-state index contributed by atoms with van der Waals surface area (Å²) in [6, 6.07) is 8.94. The summed E-state index contributed by atoms with van der Waals surface area (Å²) in [7, 11) is 0. The van der Waals surface area contributed by atoms with E-state index in [1.807, 2.05) is 0 Å².